The summed E-state index contributed by atoms with van der Waals surface area (Å²) < 4.78 is 47.6. The number of nitro groups is 1. The van der Waals surface area contributed by atoms with Crippen molar-refractivity contribution in [3.05, 3.63) is 65.0 Å². The van der Waals surface area contributed by atoms with Crippen molar-refractivity contribution in [2.24, 2.45) is 0 Å². The van der Waals surface area contributed by atoms with Gasteiger partial charge in [0.25, 0.3) is 5.69 Å². The van der Waals surface area contributed by atoms with Gasteiger partial charge in [-0.1, -0.05) is 18.2 Å². The number of hydrogen-bond acceptors (Lipinski definition) is 10. The summed E-state index contributed by atoms with van der Waals surface area (Å²) in [6.45, 7) is -2.18. The molecule has 2 aromatic carbocycles. The molecule has 12 nitrogen and oxygen atoms in total. The normalized spacial score (nSPS) is 12.4. The number of aromatic nitrogens is 3. The maximum Gasteiger partial charge on any atom is 0.387 e. The van der Waals surface area contributed by atoms with Crippen molar-refractivity contribution in [3.63, 3.8) is 0 Å². The molecule has 0 saturated heterocycles. The summed E-state index contributed by atoms with van der Waals surface area (Å²) in [5, 5.41) is 15.6. The molecule has 0 aliphatic carbocycles. The Morgan fingerprint density at radius 2 is 1.85 bits per heavy atom. The monoisotopic (exact) mass is 588 g/mol. The number of nitrogens with zero attached hydrogens (tertiary/aromatic N) is 7. The number of anilines is 3. The summed E-state index contributed by atoms with van der Waals surface area (Å²) in [5.41, 5.74) is 1.55. The number of likely N-dealkylation sites (N-methyl/N-ethyl adjacent to an activating group) is 2. The molecule has 1 N–H and O–H groups in total. The largest absolute Gasteiger partial charge is 0.573 e. The minimum Gasteiger partial charge on any atom is -0.573 e. The molecule has 4 rings (SSSR count). The Morgan fingerprint density at radius 3 is 2.51 bits per heavy atom. The van der Waals surface area contributed by atoms with Crippen molar-refractivity contribution in [2.75, 3.05) is 58.5 Å². The van der Waals surface area contributed by atoms with Crippen molar-refractivity contribution in [2.45, 2.75) is 6.61 Å². The van der Waals surface area contributed by atoms with Gasteiger partial charge in [-0.3, -0.25) is 10.1 Å². The number of hydrogen-bond donors (Lipinski definition) is 1. The number of para-hydroxylation sites is 1. The van der Waals surface area contributed by atoms with Gasteiger partial charge in [0, 0.05) is 63.5 Å². The highest BCUT2D eigenvalue weighted by Crippen LogP contribution is 2.40. The summed E-state index contributed by atoms with van der Waals surface area (Å²) in [4.78, 5) is 23.6. The van der Waals surface area contributed by atoms with E-state index in [0.29, 0.717) is 24.3 Å². The van der Waals surface area contributed by atoms with E-state index in [2.05, 4.69) is 15.3 Å². The van der Waals surface area contributed by atoms with Gasteiger partial charge in [-0.15, -0.1) is 4.31 Å². The molecule has 0 aliphatic rings. The summed E-state index contributed by atoms with van der Waals surface area (Å²) in [7, 11) is 8.74. The predicted molar refractivity (Wildman–Crippen MR) is 155 cm³/mol. The van der Waals surface area contributed by atoms with Crippen LogP contribution in [0.5, 0.6) is 5.75 Å². The van der Waals surface area contributed by atoms with E-state index in [1.54, 1.807) is 46.6 Å². The fourth-order valence-corrected chi connectivity index (χ4v) is 4.99. The fourth-order valence-electron chi connectivity index (χ4n) is 4.12. The van der Waals surface area contributed by atoms with Crippen LogP contribution in [-0.2, 0) is 11.5 Å². The van der Waals surface area contributed by atoms with Crippen LogP contribution in [0.15, 0.2) is 54.9 Å². The van der Waals surface area contributed by atoms with Crippen LogP contribution >= 0.6 is 0 Å². The summed E-state index contributed by atoms with van der Waals surface area (Å²) in [6, 6.07) is 11.4. The highest BCUT2D eigenvalue weighted by Gasteiger charge is 2.25. The van der Waals surface area contributed by atoms with Crippen LogP contribution in [0.4, 0.5) is 31.8 Å². The van der Waals surface area contributed by atoms with E-state index in [-0.39, 0.29) is 28.8 Å². The van der Waals surface area contributed by atoms with Crippen LogP contribution in [0.3, 0.4) is 0 Å². The van der Waals surface area contributed by atoms with Gasteiger partial charge in [0.05, 0.1) is 22.5 Å². The van der Waals surface area contributed by atoms with E-state index in [1.165, 1.54) is 12.3 Å². The van der Waals surface area contributed by atoms with Crippen molar-refractivity contribution >= 4 is 45.5 Å². The zero-order valence-corrected chi connectivity index (χ0v) is 23.9. The summed E-state index contributed by atoms with van der Waals surface area (Å²) in [6.07, 6.45) is 3.17. The lowest BCUT2D eigenvalue weighted by atomic mass is 10.1. The van der Waals surface area contributed by atoms with Crippen LogP contribution in [0.2, 0.25) is 0 Å². The third-order valence-electron chi connectivity index (χ3n) is 6.12. The molecule has 1 atom stereocenters. The van der Waals surface area contributed by atoms with Crippen LogP contribution in [0.25, 0.3) is 22.2 Å². The molecule has 0 spiro atoms. The highest BCUT2D eigenvalue weighted by atomic mass is 32.2. The molecule has 0 fully saturated rings. The fraction of sp³-hybridized carbons (Fsp3) is 0.308. The van der Waals surface area contributed by atoms with E-state index in [9.17, 15) is 23.4 Å². The standard InChI is InChI=1S/C26H30F2N8O4S/c1-32(2)12-13-34(5)22-15-24(40-25(27)28)20(14-23(22)36(37)38)31-26-29-11-10-19(30-26)18-16-35(41(39)33(3)4)21-9-7-6-8-17(18)21/h6-11,14-16,25H,12-13H2,1-5H3,(H,29,30,31). The van der Waals surface area contributed by atoms with E-state index >= 15 is 0 Å². The molecular formula is C26H30F2N8O4S. The average Bonchev–Trinajstić information content (AvgIpc) is 3.31. The Labute approximate surface area is 238 Å². The third kappa shape index (κ3) is 6.82. The van der Waals surface area contributed by atoms with E-state index in [1.807, 2.05) is 43.3 Å². The second kappa shape index (κ2) is 12.6. The number of fused-ring (bicyclic) bond motifs is 1. The van der Waals surface area contributed by atoms with Crippen LogP contribution < -0.4 is 15.0 Å². The molecule has 15 heteroatoms. The minimum atomic E-state index is -3.17. The Bertz CT molecular complexity index is 1530. The van der Waals surface area contributed by atoms with Gasteiger partial charge in [0.1, 0.15) is 11.2 Å². The first-order chi connectivity index (χ1) is 19.5. The van der Waals surface area contributed by atoms with Gasteiger partial charge >= 0.3 is 6.61 Å². The number of nitro benzene ring substituents is 1. The molecule has 2 aromatic heterocycles. The Balaban J connectivity index is 1.75. The smallest absolute Gasteiger partial charge is 0.387 e. The van der Waals surface area contributed by atoms with Crippen molar-refractivity contribution < 1.29 is 23.0 Å². The highest BCUT2D eigenvalue weighted by molar-refractivity contribution is 7.87. The van der Waals surface area contributed by atoms with Gasteiger partial charge in [0.2, 0.25) is 5.95 Å². The zero-order chi connectivity index (χ0) is 29.8. The van der Waals surface area contributed by atoms with E-state index in [0.717, 1.165) is 17.0 Å². The maximum absolute atomic E-state index is 13.4. The van der Waals surface area contributed by atoms with Gasteiger partial charge in [-0.25, -0.2) is 9.97 Å². The first kappa shape index (κ1) is 29.9. The SMILES string of the molecule is CN(C)CCN(C)c1cc(OC(F)F)c(Nc2nccc(-c3cn([S+]([O-])N(C)C)c4ccccc34)n2)cc1[N+](=O)[O-]. The quantitative estimate of drug-likeness (QED) is 0.145. The molecule has 0 aliphatic heterocycles. The van der Waals surface area contributed by atoms with Gasteiger partial charge < -0.3 is 24.4 Å². The van der Waals surface area contributed by atoms with Gasteiger partial charge in [-0.05, 0) is 26.2 Å². The predicted octanol–water partition coefficient (Wildman–Crippen LogP) is 4.34. The first-order valence-electron chi connectivity index (χ1n) is 12.4. The molecule has 4 aromatic rings. The van der Waals surface area contributed by atoms with E-state index < -0.39 is 23.1 Å². The molecule has 1 unspecified atom stereocenters. The lowest BCUT2D eigenvalue weighted by molar-refractivity contribution is -0.384. The number of rotatable bonds is 12. The van der Waals surface area contributed by atoms with Gasteiger partial charge in [0.15, 0.2) is 17.3 Å². The Morgan fingerprint density at radius 1 is 1.12 bits per heavy atom. The Kier molecular flexibility index (Phi) is 9.22. The number of benzene rings is 2. The maximum atomic E-state index is 13.4. The summed E-state index contributed by atoms with van der Waals surface area (Å²) in [5.74, 6) is -0.306. The topological polar surface area (TPSA) is 128 Å². The number of halogens is 2. The lowest BCUT2D eigenvalue weighted by Gasteiger charge is -2.23. The molecule has 218 valence electrons. The molecule has 0 radical (unpaired) electrons. The summed E-state index contributed by atoms with van der Waals surface area (Å²) >= 11 is -1.49. The molecule has 2 heterocycles. The molecule has 41 heavy (non-hydrogen) atoms. The first-order valence-corrected chi connectivity index (χ1v) is 13.5. The molecule has 0 amide bonds. The van der Waals surface area contributed by atoms with Crippen molar-refractivity contribution in [1.82, 2.24) is 23.1 Å². The van der Waals surface area contributed by atoms with Crippen molar-refractivity contribution in [3.8, 4) is 17.0 Å². The lowest BCUT2D eigenvalue weighted by Crippen LogP contribution is -2.29. The number of nitrogens with one attached hydrogen (secondary N) is 1. The Hall–Kier alpha value is -4.05. The third-order valence-corrected chi connectivity index (χ3v) is 7.38. The van der Waals surface area contributed by atoms with Crippen LogP contribution in [-0.4, -0.2) is 87.6 Å². The van der Waals surface area contributed by atoms with Gasteiger partial charge in [-0.2, -0.15) is 12.8 Å². The zero-order valence-electron chi connectivity index (χ0n) is 23.1. The van der Waals surface area contributed by atoms with Crippen LogP contribution in [0, 0.1) is 10.1 Å². The van der Waals surface area contributed by atoms with Crippen molar-refractivity contribution in [1.29, 1.82) is 0 Å². The number of alkyl halides is 2. The second-order valence-electron chi connectivity index (χ2n) is 9.52. The second-order valence-corrected chi connectivity index (χ2v) is 11.1. The molecule has 0 saturated carbocycles. The average molecular weight is 589 g/mol. The number of ether oxygens (including phenoxy) is 1. The van der Waals surface area contributed by atoms with E-state index in [4.69, 9.17) is 4.74 Å². The minimum absolute atomic E-state index is 0.00445. The molecular weight excluding hydrogens is 558 g/mol. The van der Waals surface area contributed by atoms with Crippen LogP contribution in [0.1, 0.15) is 0 Å². The molecule has 0 bridgehead atoms.